The fourth-order valence-electron chi connectivity index (χ4n) is 2.00. The molecule has 1 heteroatoms. The Morgan fingerprint density at radius 1 is 1.07 bits per heavy atom. The predicted molar refractivity (Wildman–Crippen MR) is 65.2 cm³/mol. The average molecular weight is 199 g/mol. The van der Waals surface area contributed by atoms with Gasteiger partial charge in [0.25, 0.3) is 0 Å². The number of fused-ring (bicyclic) bond motifs is 1. The number of nitrogens with zero attached hydrogens (tertiary/aromatic N) is 1. The summed E-state index contributed by atoms with van der Waals surface area (Å²) in [5.41, 5.74) is 5.04. The van der Waals surface area contributed by atoms with E-state index in [4.69, 9.17) is 0 Å². The van der Waals surface area contributed by atoms with Crippen LogP contribution in [0.1, 0.15) is 30.7 Å². The molecule has 1 aromatic heterocycles. The van der Waals surface area contributed by atoms with Gasteiger partial charge in [-0.25, -0.2) is 0 Å². The van der Waals surface area contributed by atoms with Crippen LogP contribution < -0.4 is 0 Å². The number of aryl methyl sites for hydroxylation is 3. The van der Waals surface area contributed by atoms with Crippen LogP contribution in [0.15, 0.2) is 24.3 Å². The highest BCUT2D eigenvalue weighted by molar-refractivity contribution is 5.83. The molecule has 1 heterocycles. The Bertz CT molecular complexity index is 486. The highest BCUT2D eigenvalue weighted by Gasteiger charge is 2.02. The van der Waals surface area contributed by atoms with E-state index in [-0.39, 0.29) is 0 Å². The van der Waals surface area contributed by atoms with E-state index in [0.717, 1.165) is 24.1 Å². The molecule has 0 aliphatic rings. The minimum Gasteiger partial charge on any atom is -0.253 e. The Hall–Kier alpha value is -1.37. The molecular formula is C14H17N. The number of rotatable bonds is 2. The van der Waals surface area contributed by atoms with Crippen molar-refractivity contribution in [2.75, 3.05) is 0 Å². The maximum Gasteiger partial charge on any atom is 0.0708 e. The Morgan fingerprint density at radius 2 is 1.87 bits per heavy atom. The summed E-state index contributed by atoms with van der Waals surface area (Å²) in [5, 5.41) is 1.32. The maximum atomic E-state index is 4.56. The van der Waals surface area contributed by atoms with Gasteiger partial charge in [-0.05, 0) is 49.1 Å². The first-order valence-corrected chi connectivity index (χ1v) is 5.63. The topological polar surface area (TPSA) is 12.9 Å². The van der Waals surface area contributed by atoms with Gasteiger partial charge < -0.3 is 0 Å². The van der Waals surface area contributed by atoms with E-state index in [9.17, 15) is 0 Å². The van der Waals surface area contributed by atoms with Gasteiger partial charge in [0.05, 0.1) is 5.52 Å². The molecule has 78 valence electrons. The molecule has 1 aromatic carbocycles. The van der Waals surface area contributed by atoms with Crippen LogP contribution in [0.25, 0.3) is 10.9 Å². The highest BCUT2D eigenvalue weighted by Crippen LogP contribution is 2.20. The van der Waals surface area contributed by atoms with Crippen molar-refractivity contribution in [3.8, 4) is 0 Å². The van der Waals surface area contributed by atoms with Crippen molar-refractivity contribution < 1.29 is 0 Å². The number of benzene rings is 1. The van der Waals surface area contributed by atoms with E-state index < -0.39 is 0 Å². The lowest BCUT2D eigenvalue weighted by atomic mass is 10.0. The fourth-order valence-corrected chi connectivity index (χ4v) is 2.00. The molecule has 0 amide bonds. The zero-order valence-corrected chi connectivity index (χ0v) is 9.67. The Kier molecular flexibility index (Phi) is 2.72. The molecule has 15 heavy (non-hydrogen) atoms. The Balaban J connectivity index is 2.73. The summed E-state index contributed by atoms with van der Waals surface area (Å²) in [6.45, 7) is 6.45. The molecule has 0 saturated carbocycles. The van der Waals surface area contributed by atoms with Crippen LogP contribution in [0.4, 0.5) is 0 Å². The van der Waals surface area contributed by atoms with Crippen LogP contribution in [0.5, 0.6) is 0 Å². The second-order valence-corrected chi connectivity index (χ2v) is 3.98. The third-order valence-electron chi connectivity index (χ3n) is 2.88. The summed E-state index contributed by atoms with van der Waals surface area (Å²) < 4.78 is 0. The van der Waals surface area contributed by atoms with Gasteiger partial charge in [0.2, 0.25) is 0 Å². The van der Waals surface area contributed by atoms with Crippen molar-refractivity contribution in [1.82, 2.24) is 4.98 Å². The molecule has 2 aromatic rings. The minimum atomic E-state index is 1.08. The number of pyridine rings is 1. The van der Waals surface area contributed by atoms with Gasteiger partial charge in [0.1, 0.15) is 0 Å². The smallest absolute Gasteiger partial charge is 0.0708 e. The first-order valence-electron chi connectivity index (χ1n) is 5.63. The number of hydrogen-bond acceptors (Lipinski definition) is 1. The van der Waals surface area contributed by atoms with E-state index in [1.54, 1.807) is 0 Å². The first-order chi connectivity index (χ1) is 7.24. The van der Waals surface area contributed by atoms with E-state index in [1.807, 2.05) is 0 Å². The average Bonchev–Trinajstić information content (AvgIpc) is 2.27. The highest BCUT2D eigenvalue weighted by atomic mass is 14.7. The van der Waals surface area contributed by atoms with Crippen molar-refractivity contribution in [1.29, 1.82) is 0 Å². The van der Waals surface area contributed by atoms with Crippen LogP contribution >= 0.6 is 0 Å². The molecule has 0 fully saturated rings. The lowest BCUT2D eigenvalue weighted by Gasteiger charge is -2.07. The summed E-state index contributed by atoms with van der Waals surface area (Å²) in [5.74, 6) is 0. The van der Waals surface area contributed by atoms with Crippen LogP contribution in [0.3, 0.4) is 0 Å². The van der Waals surface area contributed by atoms with Crippen LogP contribution in [-0.2, 0) is 12.8 Å². The zero-order valence-electron chi connectivity index (χ0n) is 9.67. The molecular weight excluding hydrogens is 182 g/mol. The molecule has 1 nitrogen and oxygen atoms in total. The third kappa shape index (κ3) is 1.87. The predicted octanol–water partition coefficient (Wildman–Crippen LogP) is 3.67. The third-order valence-corrected chi connectivity index (χ3v) is 2.88. The normalized spacial score (nSPS) is 10.9. The molecule has 0 aliphatic carbocycles. The molecule has 2 rings (SSSR count). The van der Waals surface area contributed by atoms with Crippen molar-refractivity contribution in [3.05, 3.63) is 41.1 Å². The quantitative estimate of drug-likeness (QED) is 0.719. The Labute approximate surface area is 91.2 Å². The summed E-state index contributed by atoms with van der Waals surface area (Å²) in [4.78, 5) is 4.56. The SMILES string of the molecule is CCc1ccc2nc(C)cc(CC)c2c1. The first kappa shape index (κ1) is 10.2. The molecule has 0 bridgehead atoms. The molecule has 0 saturated heterocycles. The summed E-state index contributed by atoms with van der Waals surface area (Å²) in [6, 6.07) is 8.79. The van der Waals surface area contributed by atoms with E-state index in [2.05, 4.69) is 50.0 Å². The van der Waals surface area contributed by atoms with Crippen LogP contribution in [0, 0.1) is 6.92 Å². The van der Waals surface area contributed by atoms with Crippen molar-refractivity contribution in [3.63, 3.8) is 0 Å². The van der Waals surface area contributed by atoms with Crippen molar-refractivity contribution >= 4 is 10.9 Å². The van der Waals surface area contributed by atoms with Crippen molar-refractivity contribution in [2.24, 2.45) is 0 Å². The van der Waals surface area contributed by atoms with E-state index >= 15 is 0 Å². The largest absolute Gasteiger partial charge is 0.253 e. The summed E-state index contributed by atoms with van der Waals surface area (Å²) in [7, 11) is 0. The maximum absolute atomic E-state index is 4.56. The minimum absolute atomic E-state index is 1.08. The van der Waals surface area contributed by atoms with Gasteiger partial charge in [0.15, 0.2) is 0 Å². The second-order valence-electron chi connectivity index (χ2n) is 3.98. The molecule has 0 aliphatic heterocycles. The summed E-state index contributed by atoms with van der Waals surface area (Å²) in [6.07, 6.45) is 2.17. The van der Waals surface area contributed by atoms with Gasteiger partial charge in [0, 0.05) is 11.1 Å². The monoisotopic (exact) mass is 199 g/mol. The Morgan fingerprint density at radius 3 is 2.53 bits per heavy atom. The van der Waals surface area contributed by atoms with Crippen LogP contribution in [-0.4, -0.2) is 4.98 Å². The van der Waals surface area contributed by atoms with Gasteiger partial charge >= 0.3 is 0 Å². The van der Waals surface area contributed by atoms with Gasteiger partial charge in [-0.2, -0.15) is 0 Å². The van der Waals surface area contributed by atoms with Gasteiger partial charge in [-0.15, -0.1) is 0 Å². The van der Waals surface area contributed by atoms with E-state index in [0.29, 0.717) is 0 Å². The molecule has 0 radical (unpaired) electrons. The van der Waals surface area contributed by atoms with Crippen molar-refractivity contribution in [2.45, 2.75) is 33.6 Å². The van der Waals surface area contributed by atoms with E-state index in [1.165, 1.54) is 16.5 Å². The molecule has 0 unspecified atom stereocenters. The number of hydrogen-bond donors (Lipinski definition) is 0. The molecule has 0 N–H and O–H groups in total. The van der Waals surface area contributed by atoms with Crippen LogP contribution in [0.2, 0.25) is 0 Å². The number of aromatic nitrogens is 1. The molecule has 0 atom stereocenters. The zero-order chi connectivity index (χ0) is 10.8. The van der Waals surface area contributed by atoms with Gasteiger partial charge in [-0.3, -0.25) is 4.98 Å². The second kappa shape index (κ2) is 4.01. The lowest BCUT2D eigenvalue weighted by molar-refractivity contribution is 1.11. The standard InChI is InChI=1S/C14H17N/c1-4-11-6-7-14-13(9-11)12(5-2)8-10(3)15-14/h6-9H,4-5H2,1-3H3. The van der Waals surface area contributed by atoms with Gasteiger partial charge in [-0.1, -0.05) is 19.9 Å². The molecule has 0 spiro atoms. The summed E-state index contributed by atoms with van der Waals surface area (Å²) >= 11 is 0. The lowest BCUT2D eigenvalue weighted by Crippen LogP contribution is -1.92. The fraction of sp³-hybridized carbons (Fsp3) is 0.357.